The van der Waals surface area contributed by atoms with Gasteiger partial charge in [-0.2, -0.15) is 0 Å². The van der Waals surface area contributed by atoms with Crippen molar-refractivity contribution in [3.8, 4) is 0 Å². The molecular formula is C12H19N5O2. The third-order valence-electron chi connectivity index (χ3n) is 3.46. The van der Waals surface area contributed by atoms with Gasteiger partial charge < -0.3 is 15.2 Å². The third-order valence-corrected chi connectivity index (χ3v) is 3.46. The number of nitrogens with one attached hydrogen (secondary N) is 1. The van der Waals surface area contributed by atoms with Crippen molar-refractivity contribution >= 4 is 17.1 Å². The van der Waals surface area contributed by atoms with Crippen LogP contribution in [-0.4, -0.2) is 42.5 Å². The maximum atomic E-state index is 10.9. The van der Waals surface area contributed by atoms with Crippen molar-refractivity contribution in [1.29, 1.82) is 0 Å². The van der Waals surface area contributed by atoms with Gasteiger partial charge >= 0.3 is 0 Å². The van der Waals surface area contributed by atoms with Crippen LogP contribution >= 0.6 is 0 Å². The Morgan fingerprint density at radius 2 is 2.00 bits per heavy atom. The van der Waals surface area contributed by atoms with Crippen LogP contribution < -0.4 is 16.2 Å². The van der Waals surface area contributed by atoms with Crippen molar-refractivity contribution in [3.63, 3.8) is 0 Å². The summed E-state index contributed by atoms with van der Waals surface area (Å²) in [7, 11) is 0. The molecule has 19 heavy (non-hydrogen) atoms. The predicted molar refractivity (Wildman–Crippen MR) is 75.2 cm³/mol. The first-order chi connectivity index (χ1) is 9.13. The predicted octanol–water partition coefficient (Wildman–Crippen LogP) is 1.02. The van der Waals surface area contributed by atoms with Gasteiger partial charge in [-0.25, -0.2) is 0 Å². The van der Waals surface area contributed by atoms with Crippen LogP contribution in [0.15, 0.2) is 18.2 Å². The average Bonchev–Trinajstić information content (AvgIpc) is 2.46. The number of nitro groups is 1. The quantitative estimate of drug-likeness (QED) is 0.480. The topological polar surface area (TPSA) is 87.7 Å². The van der Waals surface area contributed by atoms with Crippen LogP contribution in [0, 0.1) is 10.1 Å². The number of benzene rings is 1. The molecule has 7 nitrogen and oxygen atoms in total. The molecule has 1 aliphatic rings. The molecule has 0 radical (unpaired) electrons. The number of hydrogen-bond acceptors (Lipinski definition) is 6. The van der Waals surface area contributed by atoms with E-state index in [0.29, 0.717) is 5.69 Å². The first-order valence-electron chi connectivity index (χ1n) is 6.37. The summed E-state index contributed by atoms with van der Waals surface area (Å²) in [6, 6.07) is 4.88. The van der Waals surface area contributed by atoms with Crippen LogP contribution in [0.25, 0.3) is 0 Å². The fraction of sp³-hybridized carbons (Fsp3) is 0.500. The van der Waals surface area contributed by atoms with Crippen molar-refractivity contribution in [2.45, 2.75) is 6.92 Å². The standard InChI is InChI=1S/C12H19N5O2/c1-2-15-3-5-16(6-4-15)11-7-10(14-13)8-12(9-11)17(18)19/h7-9,14H,2-6,13H2,1H3. The summed E-state index contributed by atoms with van der Waals surface area (Å²) >= 11 is 0. The molecular weight excluding hydrogens is 246 g/mol. The second-order valence-corrected chi connectivity index (χ2v) is 4.56. The number of nitrogens with zero attached hydrogens (tertiary/aromatic N) is 3. The van der Waals surface area contributed by atoms with Gasteiger partial charge in [0.05, 0.1) is 10.6 Å². The smallest absolute Gasteiger partial charge is 0.273 e. The summed E-state index contributed by atoms with van der Waals surface area (Å²) in [5.74, 6) is 5.36. The number of non-ortho nitro benzene ring substituents is 1. The highest BCUT2D eigenvalue weighted by Gasteiger charge is 2.18. The Balaban J connectivity index is 2.20. The number of rotatable bonds is 4. The summed E-state index contributed by atoms with van der Waals surface area (Å²) < 4.78 is 0. The number of likely N-dealkylation sites (N-methyl/N-ethyl adjacent to an activating group) is 1. The van der Waals surface area contributed by atoms with E-state index in [-0.39, 0.29) is 5.69 Å². The second-order valence-electron chi connectivity index (χ2n) is 4.56. The van der Waals surface area contributed by atoms with E-state index in [9.17, 15) is 10.1 Å². The van der Waals surface area contributed by atoms with Crippen LogP contribution in [0.2, 0.25) is 0 Å². The number of piperazine rings is 1. The lowest BCUT2D eigenvalue weighted by Crippen LogP contribution is -2.46. The molecule has 0 atom stereocenters. The molecule has 104 valence electrons. The second kappa shape index (κ2) is 5.85. The number of nitro benzene ring substituents is 1. The Kier molecular flexibility index (Phi) is 4.18. The van der Waals surface area contributed by atoms with Crippen LogP contribution in [0.4, 0.5) is 17.1 Å². The Labute approximate surface area is 112 Å². The third kappa shape index (κ3) is 3.12. The normalized spacial score (nSPS) is 16.4. The van der Waals surface area contributed by atoms with Gasteiger partial charge in [0.25, 0.3) is 5.69 Å². The SMILES string of the molecule is CCN1CCN(c2cc(NN)cc([N+](=O)[O-])c2)CC1. The highest BCUT2D eigenvalue weighted by molar-refractivity contribution is 5.64. The zero-order valence-corrected chi connectivity index (χ0v) is 11.0. The molecule has 0 aliphatic carbocycles. The largest absolute Gasteiger partial charge is 0.369 e. The number of hydrazine groups is 1. The maximum Gasteiger partial charge on any atom is 0.273 e. The number of nitrogen functional groups attached to an aromatic ring is 1. The van der Waals surface area contributed by atoms with Crippen LogP contribution in [0.1, 0.15) is 6.92 Å². The Morgan fingerprint density at radius 1 is 1.32 bits per heavy atom. The molecule has 3 N–H and O–H groups in total. The molecule has 0 unspecified atom stereocenters. The van der Waals surface area contributed by atoms with Gasteiger partial charge in [-0.1, -0.05) is 6.92 Å². The van der Waals surface area contributed by atoms with Gasteiger partial charge in [-0.3, -0.25) is 16.0 Å². The summed E-state index contributed by atoms with van der Waals surface area (Å²) in [5, 5.41) is 10.9. The van der Waals surface area contributed by atoms with Crippen molar-refractivity contribution in [1.82, 2.24) is 4.90 Å². The minimum atomic E-state index is -0.396. The molecule has 1 saturated heterocycles. The fourth-order valence-electron chi connectivity index (χ4n) is 2.29. The Hall–Kier alpha value is -1.86. The Morgan fingerprint density at radius 3 is 2.53 bits per heavy atom. The lowest BCUT2D eigenvalue weighted by molar-refractivity contribution is -0.384. The van der Waals surface area contributed by atoms with E-state index in [1.807, 2.05) is 6.07 Å². The monoisotopic (exact) mass is 265 g/mol. The van der Waals surface area contributed by atoms with E-state index in [2.05, 4.69) is 22.1 Å². The number of nitrogens with two attached hydrogens (primary N) is 1. The highest BCUT2D eigenvalue weighted by Crippen LogP contribution is 2.27. The van der Waals surface area contributed by atoms with E-state index < -0.39 is 4.92 Å². The number of anilines is 2. The number of hydrogen-bond donors (Lipinski definition) is 2. The van der Waals surface area contributed by atoms with E-state index in [1.54, 1.807) is 6.07 Å². The average molecular weight is 265 g/mol. The zero-order chi connectivity index (χ0) is 13.8. The van der Waals surface area contributed by atoms with E-state index in [0.717, 1.165) is 38.4 Å². The van der Waals surface area contributed by atoms with E-state index >= 15 is 0 Å². The molecule has 0 amide bonds. The first kappa shape index (κ1) is 13.6. The molecule has 0 aromatic heterocycles. The van der Waals surface area contributed by atoms with Crippen molar-refractivity contribution in [2.75, 3.05) is 43.0 Å². The van der Waals surface area contributed by atoms with Crippen LogP contribution in [0.3, 0.4) is 0 Å². The van der Waals surface area contributed by atoms with Gasteiger partial charge in [0, 0.05) is 44.0 Å². The lowest BCUT2D eigenvalue weighted by Gasteiger charge is -2.35. The maximum absolute atomic E-state index is 10.9. The molecule has 1 aliphatic heterocycles. The lowest BCUT2D eigenvalue weighted by atomic mass is 10.2. The van der Waals surface area contributed by atoms with Crippen molar-refractivity contribution in [3.05, 3.63) is 28.3 Å². The van der Waals surface area contributed by atoms with Crippen molar-refractivity contribution in [2.24, 2.45) is 5.84 Å². The minimum absolute atomic E-state index is 0.0587. The van der Waals surface area contributed by atoms with Gasteiger partial charge in [0.1, 0.15) is 0 Å². The Bertz CT molecular complexity index is 457. The fourth-order valence-corrected chi connectivity index (χ4v) is 2.29. The van der Waals surface area contributed by atoms with Gasteiger partial charge in [-0.15, -0.1) is 0 Å². The highest BCUT2D eigenvalue weighted by atomic mass is 16.6. The summed E-state index contributed by atoms with van der Waals surface area (Å²) in [4.78, 5) is 15.0. The molecule has 0 bridgehead atoms. The van der Waals surface area contributed by atoms with Crippen molar-refractivity contribution < 1.29 is 4.92 Å². The first-order valence-corrected chi connectivity index (χ1v) is 6.37. The minimum Gasteiger partial charge on any atom is -0.369 e. The molecule has 0 saturated carbocycles. The zero-order valence-electron chi connectivity index (χ0n) is 11.0. The van der Waals surface area contributed by atoms with E-state index in [4.69, 9.17) is 5.84 Å². The summed E-state index contributed by atoms with van der Waals surface area (Å²) in [6.45, 7) is 6.88. The molecule has 1 aromatic rings. The van der Waals surface area contributed by atoms with Gasteiger partial charge in [0.15, 0.2) is 0 Å². The molecule has 7 heteroatoms. The van der Waals surface area contributed by atoms with Gasteiger partial charge in [0.2, 0.25) is 0 Å². The van der Waals surface area contributed by atoms with E-state index in [1.165, 1.54) is 6.07 Å². The molecule has 1 fully saturated rings. The molecule has 1 heterocycles. The summed E-state index contributed by atoms with van der Waals surface area (Å²) in [5.41, 5.74) is 3.94. The van der Waals surface area contributed by atoms with Crippen LogP contribution in [0.5, 0.6) is 0 Å². The van der Waals surface area contributed by atoms with Crippen LogP contribution in [-0.2, 0) is 0 Å². The van der Waals surface area contributed by atoms with Gasteiger partial charge in [-0.05, 0) is 12.6 Å². The summed E-state index contributed by atoms with van der Waals surface area (Å²) in [6.07, 6.45) is 0. The molecule has 1 aromatic carbocycles. The molecule has 2 rings (SSSR count). The molecule has 0 spiro atoms.